The highest BCUT2D eigenvalue weighted by Crippen LogP contribution is 2.38. The largest absolute Gasteiger partial charge is 0.391 e. The minimum atomic E-state index is -0.426. The normalized spacial score (nSPS) is 23.6. The Hall–Kier alpha value is -0.610. The average Bonchev–Trinajstić information content (AvgIpc) is 3.27. The number of amides is 1. The van der Waals surface area contributed by atoms with Crippen LogP contribution in [0.25, 0.3) is 0 Å². The van der Waals surface area contributed by atoms with Crippen LogP contribution in [0.2, 0.25) is 0 Å². The molecule has 0 aromatic heterocycles. The van der Waals surface area contributed by atoms with Crippen molar-refractivity contribution in [3.8, 4) is 0 Å². The second-order valence-corrected chi connectivity index (χ2v) is 9.07. The Labute approximate surface area is 142 Å². The van der Waals surface area contributed by atoms with Gasteiger partial charge in [0, 0.05) is 18.5 Å². The third kappa shape index (κ3) is 5.75. The van der Waals surface area contributed by atoms with Crippen molar-refractivity contribution < 1.29 is 9.90 Å². The minimum Gasteiger partial charge on any atom is -0.391 e. The number of aliphatic hydroxyl groups excluding tert-OH is 1. The van der Waals surface area contributed by atoms with Gasteiger partial charge in [0.25, 0.3) is 0 Å². The van der Waals surface area contributed by atoms with Crippen LogP contribution < -0.4 is 0 Å². The van der Waals surface area contributed by atoms with Gasteiger partial charge in [-0.25, -0.2) is 0 Å². The lowest BCUT2D eigenvalue weighted by molar-refractivity contribution is -0.141. The number of aliphatic hydroxyl groups is 1. The zero-order valence-electron chi connectivity index (χ0n) is 15.7. The molecule has 2 aliphatic rings. The van der Waals surface area contributed by atoms with E-state index in [4.69, 9.17) is 0 Å². The Balaban J connectivity index is 2.02. The maximum atomic E-state index is 13.0. The lowest BCUT2D eigenvalue weighted by Gasteiger charge is -2.40. The third-order valence-electron chi connectivity index (χ3n) is 5.39. The molecule has 2 rings (SSSR count). The summed E-state index contributed by atoms with van der Waals surface area (Å²) in [4.78, 5) is 17.4. The molecular formula is C19H36N2O2. The summed E-state index contributed by atoms with van der Waals surface area (Å²) in [6, 6.07) is 0.300. The molecular weight excluding hydrogens is 288 g/mol. The predicted octanol–water partition coefficient (Wildman–Crippen LogP) is 2.75. The van der Waals surface area contributed by atoms with Gasteiger partial charge in [-0.15, -0.1) is 0 Å². The van der Waals surface area contributed by atoms with Crippen LogP contribution in [0.15, 0.2) is 0 Å². The van der Waals surface area contributed by atoms with Crippen molar-refractivity contribution in [1.82, 2.24) is 9.80 Å². The van der Waals surface area contributed by atoms with Crippen molar-refractivity contribution in [2.24, 2.45) is 17.3 Å². The van der Waals surface area contributed by atoms with E-state index >= 15 is 0 Å². The SMILES string of the molecule is C[C@H](C(=O)N(C[C@H](O)CC(C)(C)C)C1CCN(C)CC1)C1CC1. The fourth-order valence-corrected chi connectivity index (χ4v) is 3.78. The second kappa shape index (κ2) is 7.52. The number of nitrogens with zero attached hydrogens (tertiary/aromatic N) is 2. The third-order valence-corrected chi connectivity index (χ3v) is 5.39. The maximum absolute atomic E-state index is 13.0. The molecule has 1 heterocycles. The molecule has 4 heteroatoms. The summed E-state index contributed by atoms with van der Waals surface area (Å²) in [5.41, 5.74) is 0.0863. The summed E-state index contributed by atoms with van der Waals surface area (Å²) < 4.78 is 0. The highest BCUT2D eigenvalue weighted by atomic mass is 16.3. The zero-order chi connectivity index (χ0) is 17.2. The maximum Gasteiger partial charge on any atom is 0.226 e. The first kappa shape index (κ1) is 18.7. The molecule has 1 aliphatic carbocycles. The molecule has 1 aliphatic heterocycles. The summed E-state index contributed by atoms with van der Waals surface area (Å²) in [5, 5.41) is 10.5. The van der Waals surface area contributed by atoms with Crippen molar-refractivity contribution in [2.45, 2.75) is 71.9 Å². The molecule has 1 saturated carbocycles. The molecule has 4 nitrogen and oxygen atoms in total. The van der Waals surface area contributed by atoms with E-state index in [2.05, 4.69) is 39.6 Å². The highest BCUT2D eigenvalue weighted by Gasteiger charge is 2.38. The second-order valence-electron chi connectivity index (χ2n) is 9.07. The van der Waals surface area contributed by atoms with Gasteiger partial charge in [0.15, 0.2) is 0 Å². The first-order chi connectivity index (χ1) is 10.7. The number of hydrogen-bond acceptors (Lipinski definition) is 3. The quantitative estimate of drug-likeness (QED) is 0.817. The average molecular weight is 325 g/mol. The van der Waals surface area contributed by atoms with Gasteiger partial charge in [-0.05, 0) is 63.6 Å². The fraction of sp³-hybridized carbons (Fsp3) is 0.947. The Morgan fingerprint density at radius 1 is 1.22 bits per heavy atom. The molecule has 0 bridgehead atoms. The zero-order valence-corrected chi connectivity index (χ0v) is 15.7. The molecule has 1 saturated heterocycles. The number of piperidine rings is 1. The van der Waals surface area contributed by atoms with Crippen LogP contribution in [0.3, 0.4) is 0 Å². The van der Waals surface area contributed by atoms with Gasteiger partial charge in [0.1, 0.15) is 0 Å². The Kier molecular flexibility index (Phi) is 6.12. The smallest absolute Gasteiger partial charge is 0.226 e. The summed E-state index contributed by atoms with van der Waals surface area (Å²) >= 11 is 0. The van der Waals surface area contributed by atoms with Crippen molar-refractivity contribution in [3.05, 3.63) is 0 Å². The van der Waals surface area contributed by atoms with E-state index in [0.29, 0.717) is 18.5 Å². The van der Waals surface area contributed by atoms with Gasteiger partial charge in [0.05, 0.1) is 6.10 Å². The Morgan fingerprint density at radius 3 is 2.26 bits per heavy atom. The molecule has 0 aromatic rings. The van der Waals surface area contributed by atoms with Gasteiger partial charge in [-0.1, -0.05) is 27.7 Å². The van der Waals surface area contributed by atoms with E-state index in [1.165, 1.54) is 12.8 Å². The first-order valence-electron chi connectivity index (χ1n) is 9.34. The standard InChI is InChI=1S/C19H36N2O2/c1-14(15-6-7-15)18(23)21(13-17(22)12-19(2,3)4)16-8-10-20(5)11-9-16/h14-17,22H,6-13H2,1-5H3/t14-,17+/m0/s1. The molecule has 2 atom stereocenters. The van der Waals surface area contributed by atoms with Crippen molar-refractivity contribution >= 4 is 5.91 Å². The first-order valence-corrected chi connectivity index (χ1v) is 9.34. The number of likely N-dealkylation sites (tertiary alicyclic amines) is 1. The molecule has 2 fully saturated rings. The van der Waals surface area contributed by atoms with Crippen LogP contribution in [0.4, 0.5) is 0 Å². The van der Waals surface area contributed by atoms with Crippen LogP contribution in [-0.4, -0.2) is 59.6 Å². The Morgan fingerprint density at radius 2 is 1.78 bits per heavy atom. The number of carbonyl (C=O) groups excluding carboxylic acids is 1. The van der Waals surface area contributed by atoms with E-state index in [-0.39, 0.29) is 17.2 Å². The molecule has 134 valence electrons. The lowest BCUT2D eigenvalue weighted by atomic mass is 9.88. The van der Waals surface area contributed by atoms with Crippen molar-refractivity contribution in [1.29, 1.82) is 0 Å². The van der Waals surface area contributed by atoms with Crippen LogP contribution in [-0.2, 0) is 4.79 Å². The van der Waals surface area contributed by atoms with E-state index in [0.717, 1.165) is 32.4 Å². The van der Waals surface area contributed by atoms with Crippen LogP contribution in [0.5, 0.6) is 0 Å². The van der Waals surface area contributed by atoms with E-state index in [1.807, 2.05) is 4.90 Å². The molecule has 1 amide bonds. The van der Waals surface area contributed by atoms with Gasteiger partial charge in [-0.2, -0.15) is 0 Å². The van der Waals surface area contributed by atoms with Gasteiger partial charge in [0.2, 0.25) is 5.91 Å². The molecule has 1 N–H and O–H groups in total. The molecule has 23 heavy (non-hydrogen) atoms. The van der Waals surface area contributed by atoms with Crippen LogP contribution >= 0.6 is 0 Å². The lowest BCUT2D eigenvalue weighted by Crippen LogP contribution is -2.51. The fourth-order valence-electron chi connectivity index (χ4n) is 3.78. The van der Waals surface area contributed by atoms with E-state index in [1.54, 1.807) is 0 Å². The van der Waals surface area contributed by atoms with E-state index in [9.17, 15) is 9.90 Å². The van der Waals surface area contributed by atoms with Crippen molar-refractivity contribution in [3.63, 3.8) is 0 Å². The minimum absolute atomic E-state index is 0.0863. The van der Waals surface area contributed by atoms with Crippen LogP contribution in [0, 0.1) is 17.3 Å². The molecule has 0 aromatic carbocycles. The molecule has 0 spiro atoms. The topological polar surface area (TPSA) is 43.8 Å². The van der Waals surface area contributed by atoms with E-state index < -0.39 is 6.10 Å². The molecule has 0 unspecified atom stereocenters. The number of carbonyl (C=O) groups is 1. The monoisotopic (exact) mass is 324 g/mol. The number of rotatable bonds is 6. The van der Waals surface area contributed by atoms with Crippen molar-refractivity contribution in [2.75, 3.05) is 26.7 Å². The summed E-state index contributed by atoms with van der Waals surface area (Å²) in [5.74, 6) is 0.975. The van der Waals surface area contributed by atoms with Crippen LogP contribution in [0.1, 0.15) is 59.8 Å². The number of hydrogen-bond donors (Lipinski definition) is 1. The summed E-state index contributed by atoms with van der Waals surface area (Å²) in [7, 11) is 2.14. The summed E-state index contributed by atoms with van der Waals surface area (Å²) in [6.45, 7) is 11.1. The highest BCUT2D eigenvalue weighted by molar-refractivity contribution is 5.79. The summed E-state index contributed by atoms with van der Waals surface area (Å²) in [6.07, 6.45) is 4.76. The van der Waals surface area contributed by atoms with Gasteiger partial charge < -0.3 is 14.9 Å². The predicted molar refractivity (Wildman–Crippen MR) is 94.2 cm³/mol. The molecule has 0 radical (unpaired) electrons. The van der Waals surface area contributed by atoms with Gasteiger partial charge in [-0.3, -0.25) is 4.79 Å². The Bertz CT molecular complexity index is 393. The van der Waals surface area contributed by atoms with Gasteiger partial charge >= 0.3 is 0 Å².